The van der Waals surface area contributed by atoms with Crippen LogP contribution in [0, 0.1) is 16.0 Å². The predicted octanol–water partition coefficient (Wildman–Crippen LogP) is 5.53. The van der Waals surface area contributed by atoms with Crippen molar-refractivity contribution in [3.8, 4) is 5.75 Å². The van der Waals surface area contributed by atoms with E-state index in [-0.39, 0.29) is 30.0 Å². The van der Waals surface area contributed by atoms with Crippen LogP contribution in [0.1, 0.15) is 31.0 Å². The average molecular weight is 552 g/mol. The normalized spacial score (nSPS) is 17.2. The van der Waals surface area contributed by atoms with Gasteiger partial charge in [0.1, 0.15) is 11.8 Å². The lowest BCUT2D eigenvalue weighted by Gasteiger charge is -2.31. The molecule has 0 spiro atoms. The molecule has 1 heterocycles. The maximum atomic E-state index is 13.8. The van der Waals surface area contributed by atoms with Crippen LogP contribution in [0.25, 0.3) is 0 Å². The molecule has 4 rings (SSSR count). The fourth-order valence-electron chi connectivity index (χ4n) is 4.20. The molecule has 1 aliphatic heterocycles. The zero-order valence-electron chi connectivity index (χ0n) is 19.9. The summed E-state index contributed by atoms with van der Waals surface area (Å²) in [5.74, 6) is -0.291. The number of nitrogens with zero attached hydrogens (tertiary/aromatic N) is 2. The van der Waals surface area contributed by atoms with Crippen molar-refractivity contribution < 1.29 is 19.2 Å². The van der Waals surface area contributed by atoms with Gasteiger partial charge in [0.25, 0.3) is 17.5 Å². The monoisotopic (exact) mass is 551 g/mol. The summed E-state index contributed by atoms with van der Waals surface area (Å²) >= 11 is 3.49. The first-order valence-corrected chi connectivity index (χ1v) is 12.4. The van der Waals surface area contributed by atoms with Gasteiger partial charge >= 0.3 is 0 Å². The summed E-state index contributed by atoms with van der Waals surface area (Å²) in [6, 6.07) is 19.7. The highest BCUT2D eigenvalue weighted by atomic mass is 79.9. The van der Waals surface area contributed by atoms with Gasteiger partial charge in [-0.15, -0.1) is 0 Å². The van der Waals surface area contributed by atoms with Crippen molar-refractivity contribution in [1.29, 1.82) is 0 Å². The molecule has 8 nitrogen and oxygen atoms in total. The second kappa shape index (κ2) is 10.9. The molecule has 0 radical (unpaired) electrons. The van der Waals surface area contributed by atoms with Gasteiger partial charge in [-0.3, -0.25) is 19.7 Å². The maximum absolute atomic E-state index is 13.8. The van der Waals surface area contributed by atoms with E-state index in [9.17, 15) is 19.7 Å². The smallest absolute Gasteiger partial charge is 0.269 e. The minimum absolute atomic E-state index is 0.00300. The number of para-hydroxylation sites is 1. The topological polar surface area (TPSA) is 102 Å². The van der Waals surface area contributed by atoms with Crippen molar-refractivity contribution >= 4 is 39.1 Å². The quantitative estimate of drug-likeness (QED) is 0.307. The van der Waals surface area contributed by atoms with Crippen molar-refractivity contribution in [2.45, 2.75) is 32.4 Å². The molecule has 2 unspecified atom stereocenters. The molecule has 1 aliphatic rings. The standard InChI is InChI=1S/C27H26BrN3O5/c1-17(2)25-27(33)30(15-14-18-8-11-21(12-9-18)31(34)35)24(22-16-19(28)10-13-23(22)36-25)26(32)29-20-6-4-3-5-7-20/h3-13,16-17,24-25H,14-15H2,1-2H3,(H,29,32). The molecule has 3 aromatic carbocycles. The number of nitro groups is 1. The van der Waals surface area contributed by atoms with Gasteiger partial charge in [0.15, 0.2) is 6.10 Å². The lowest BCUT2D eigenvalue weighted by atomic mass is 10.0. The summed E-state index contributed by atoms with van der Waals surface area (Å²) < 4.78 is 6.93. The van der Waals surface area contributed by atoms with Gasteiger partial charge in [0.05, 0.1) is 4.92 Å². The number of nitro benzene ring substituents is 1. The van der Waals surface area contributed by atoms with Crippen LogP contribution in [0.15, 0.2) is 77.3 Å². The van der Waals surface area contributed by atoms with E-state index in [1.54, 1.807) is 41.3 Å². The lowest BCUT2D eigenvalue weighted by Crippen LogP contribution is -2.47. The fraction of sp³-hybridized carbons (Fsp3) is 0.259. The second-order valence-electron chi connectivity index (χ2n) is 8.93. The number of benzene rings is 3. The Kier molecular flexibility index (Phi) is 7.69. The highest BCUT2D eigenvalue weighted by Gasteiger charge is 2.41. The molecular formula is C27H26BrN3O5. The largest absolute Gasteiger partial charge is 0.480 e. The molecule has 0 saturated carbocycles. The molecule has 2 atom stereocenters. The van der Waals surface area contributed by atoms with Gasteiger partial charge in [-0.05, 0) is 48.2 Å². The van der Waals surface area contributed by atoms with Crippen LogP contribution in [0.3, 0.4) is 0 Å². The number of anilines is 1. The van der Waals surface area contributed by atoms with E-state index in [0.717, 1.165) is 10.0 Å². The SMILES string of the molecule is CC(C)C1Oc2ccc(Br)cc2C(C(=O)Nc2ccccc2)N(CCc2ccc([N+](=O)[O-])cc2)C1=O. The zero-order chi connectivity index (χ0) is 25.8. The predicted molar refractivity (Wildman–Crippen MR) is 140 cm³/mol. The number of halogens is 1. The number of nitrogens with one attached hydrogen (secondary N) is 1. The van der Waals surface area contributed by atoms with Crippen molar-refractivity contribution in [2.24, 2.45) is 5.92 Å². The van der Waals surface area contributed by atoms with Crippen molar-refractivity contribution in [3.63, 3.8) is 0 Å². The van der Waals surface area contributed by atoms with E-state index in [1.165, 1.54) is 12.1 Å². The van der Waals surface area contributed by atoms with E-state index in [0.29, 0.717) is 23.4 Å². The van der Waals surface area contributed by atoms with Gasteiger partial charge in [0.2, 0.25) is 0 Å². The number of rotatable bonds is 7. The summed E-state index contributed by atoms with van der Waals surface area (Å²) in [6.07, 6.45) is -0.358. The molecule has 36 heavy (non-hydrogen) atoms. The molecule has 0 saturated heterocycles. The number of carbonyl (C=O) groups is 2. The minimum Gasteiger partial charge on any atom is -0.480 e. The Bertz CT molecular complexity index is 1260. The van der Waals surface area contributed by atoms with Crippen LogP contribution in [0.5, 0.6) is 5.75 Å². The molecule has 0 bridgehead atoms. The fourth-order valence-corrected chi connectivity index (χ4v) is 4.57. The molecule has 186 valence electrons. The van der Waals surface area contributed by atoms with E-state index >= 15 is 0 Å². The number of hydrogen-bond donors (Lipinski definition) is 1. The van der Waals surface area contributed by atoms with Crippen molar-refractivity contribution in [1.82, 2.24) is 4.90 Å². The number of non-ortho nitro benzene ring substituents is 1. The minimum atomic E-state index is -0.938. The average Bonchev–Trinajstić information content (AvgIpc) is 2.97. The molecule has 2 amide bonds. The lowest BCUT2D eigenvalue weighted by molar-refractivity contribution is -0.384. The molecule has 1 N–H and O–H groups in total. The van der Waals surface area contributed by atoms with E-state index in [2.05, 4.69) is 21.2 Å². The van der Waals surface area contributed by atoms with Gasteiger partial charge in [-0.2, -0.15) is 0 Å². The first-order chi connectivity index (χ1) is 17.2. The molecular weight excluding hydrogens is 526 g/mol. The van der Waals surface area contributed by atoms with Crippen LogP contribution < -0.4 is 10.1 Å². The van der Waals surface area contributed by atoms with Gasteiger partial charge in [0, 0.05) is 34.4 Å². The third-order valence-corrected chi connectivity index (χ3v) is 6.54. The molecule has 0 fully saturated rings. The maximum Gasteiger partial charge on any atom is 0.269 e. The van der Waals surface area contributed by atoms with Crippen LogP contribution in [0.2, 0.25) is 0 Å². The van der Waals surface area contributed by atoms with E-state index in [1.807, 2.05) is 38.1 Å². The third kappa shape index (κ3) is 5.57. The first kappa shape index (κ1) is 25.4. The number of carbonyl (C=O) groups excluding carboxylic acids is 2. The van der Waals surface area contributed by atoms with E-state index < -0.39 is 17.1 Å². The number of fused-ring (bicyclic) bond motifs is 1. The molecule has 9 heteroatoms. The summed E-state index contributed by atoms with van der Waals surface area (Å²) in [6.45, 7) is 4.03. The molecule has 3 aromatic rings. The number of ether oxygens (including phenoxy) is 1. The molecule has 0 aromatic heterocycles. The second-order valence-corrected chi connectivity index (χ2v) is 9.84. The Hall–Kier alpha value is -3.72. The summed E-state index contributed by atoms with van der Waals surface area (Å²) in [5, 5.41) is 13.9. The Balaban J connectivity index is 1.73. The first-order valence-electron chi connectivity index (χ1n) is 11.6. The highest BCUT2D eigenvalue weighted by Crippen LogP contribution is 2.38. The van der Waals surface area contributed by atoms with Gasteiger partial charge in [-0.1, -0.05) is 60.1 Å². The van der Waals surface area contributed by atoms with Gasteiger partial charge < -0.3 is 15.0 Å². The van der Waals surface area contributed by atoms with Crippen LogP contribution in [-0.4, -0.2) is 34.3 Å². The summed E-state index contributed by atoms with van der Waals surface area (Å²) in [7, 11) is 0. The Labute approximate surface area is 217 Å². The van der Waals surface area contributed by atoms with Crippen LogP contribution in [-0.2, 0) is 16.0 Å². The van der Waals surface area contributed by atoms with E-state index in [4.69, 9.17) is 4.74 Å². The highest BCUT2D eigenvalue weighted by molar-refractivity contribution is 9.10. The van der Waals surface area contributed by atoms with Crippen LogP contribution >= 0.6 is 15.9 Å². The Morgan fingerprint density at radius 3 is 2.44 bits per heavy atom. The molecule has 0 aliphatic carbocycles. The number of amides is 2. The Morgan fingerprint density at radius 1 is 1.11 bits per heavy atom. The summed E-state index contributed by atoms with van der Waals surface area (Å²) in [5.41, 5.74) is 2.01. The Morgan fingerprint density at radius 2 is 1.81 bits per heavy atom. The summed E-state index contributed by atoms with van der Waals surface area (Å²) in [4.78, 5) is 39.6. The zero-order valence-corrected chi connectivity index (χ0v) is 21.5. The third-order valence-electron chi connectivity index (χ3n) is 6.04. The van der Waals surface area contributed by atoms with Crippen molar-refractivity contribution in [2.75, 3.05) is 11.9 Å². The number of hydrogen-bond acceptors (Lipinski definition) is 5. The van der Waals surface area contributed by atoms with Crippen LogP contribution in [0.4, 0.5) is 11.4 Å². The van der Waals surface area contributed by atoms with Gasteiger partial charge in [-0.25, -0.2) is 0 Å². The van der Waals surface area contributed by atoms with Crippen molar-refractivity contribution in [3.05, 3.63) is 98.5 Å².